The highest BCUT2D eigenvalue weighted by molar-refractivity contribution is 5.79. The monoisotopic (exact) mass is 801 g/mol. The summed E-state index contributed by atoms with van der Waals surface area (Å²) in [5, 5.41) is 3.45. The fourth-order valence-electron chi connectivity index (χ4n) is 7.66. The summed E-state index contributed by atoms with van der Waals surface area (Å²) in [5.74, 6) is -0.324. The van der Waals surface area contributed by atoms with E-state index in [-0.39, 0.29) is 40.6 Å². The third kappa shape index (κ3) is 13.3. The molecule has 318 valence electrons. The van der Waals surface area contributed by atoms with Crippen LogP contribution in [0.5, 0.6) is 0 Å². The number of likely N-dealkylation sites (tertiary alicyclic amines) is 4. The molecule has 57 heavy (non-hydrogen) atoms. The average molecular weight is 801 g/mol. The van der Waals surface area contributed by atoms with E-state index in [9.17, 15) is 23.2 Å². The minimum atomic E-state index is -0.470. The number of ketones is 1. The number of rotatable bonds is 4. The zero-order chi connectivity index (χ0) is 42.3. The van der Waals surface area contributed by atoms with E-state index in [1.807, 2.05) is 46.4 Å². The van der Waals surface area contributed by atoms with Crippen molar-refractivity contribution >= 4 is 40.7 Å². The molecule has 4 aliphatic rings. The van der Waals surface area contributed by atoms with Gasteiger partial charge in [0.25, 0.3) is 0 Å². The molecular formula is C42H66F2N8O5. The second-order valence-corrected chi connectivity index (χ2v) is 18.2. The van der Waals surface area contributed by atoms with Crippen molar-refractivity contribution in [1.29, 1.82) is 0 Å². The van der Waals surface area contributed by atoms with Crippen molar-refractivity contribution in [1.82, 2.24) is 19.6 Å². The molecule has 15 heteroatoms. The molecule has 4 heterocycles. The van der Waals surface area contributed by atoms with E-state index in [2.05, 4.69) is 29.0 Å². The fourth-order valence-corrected chi connectivity index (χ4v) is 7.66. The lowest BCUT2D eigenvalue weighted by molar-refractivity contribution is -0.122. The minimum absolute atomic E-state index is 0.0163. The molecule has 4 aliphatic heterocycles. The number of piperidine rings is 2. The van der Waals surface area contributed by atoms with Crippen molar-refractivity contribution in [2.24, 2.45) is 0 Å². The quantitative estimate of drug-likeness (QED) is 0.242. The van der Waals surface area contributed by atoms with Gasteiger partial charge in [0.1, 0.15) is 28.6 Å². The highest BCUT2D eigenvalue weighted by atomic mass is 19.1. The molecule has 7 N–H and O–H groups in total. The van der Waals surface area contributed by atoms with Gasteiger partial charge in [-0.05, 0) is 117 Å². The number of benzene rings is 2. The Balaban J connectivity index is 0.000000215. The zero-order valence-corrected chi connectivity index (χ0v) is 35.3. The number of hydrogen-bond donors (Lipinski definition) is 4. The molecule has 2 aromatic rings. The van der Waals surface area contributed by atoms with Gasteiger partial charge in [0.15, 0.2) is 0 Å². The van der Waals surface area contributed by atoms with Gasteiger partial charge in [-0.2, -0.15) is 0 Å². The molecule has 4 saturated heterocycles. The van der Waals surface area contributed by atoms with Crippen LogP contribution in [0.4, 0.5) is 41.1 Å². The Labute approximate surface area is 337 Å². The molecule has 0 radical (unpaired) electrons. The summed E-state index contributed by atoms with van der Waals surface area (Å²) in [6.07, 6.45) is 4.70. The molecule has 0 bridgehead atoms. The number of hydrogen-bond acceptors (Lipinski definition) is 11. The molecule has 2 amide bonds. The number of anilines is 4. The highest BCUT2D eigenvalue weighted by Gasteiger charge is 2.44. The highest BCUT2D eigenvalue weighted by Crippen LogP contribution is 2.33. The second kappa shape index (κ2) is 18.5. The summed E-state index contributed by atoms with van der Waals surface area (Å²) >= 11 is 0. The van der Waals surface area contributed by atoms with Crippen LogP contribution in [0.15, 0.2) is 36.4 Å². The Morgan fingerprint density at radius 2 is 1.12 bits per heavy atom. The Hall–Kier alpha value is -4.37. The summed E-state index contributed by atoms with van der Waals surface area (Å²) in [7, 11) is 0. The third-order valence-corrected chi connectivity index (χ3v) is 11.0. The molecule has 0 aromatic heterocycles. The van der Waals surface area contributed by atoms with Gasteiger partial charge >= 0.3 is 12.2 Å². The van der Waals surface area contributed by atoms with Gasteiger partial charge in [0.2, 0.25) is 0 Å². The number of carbonyl (C=O) groups is 3. The SMILES string of the molecule is CC(C)(C)OC(=O)N1CCC(C)(N2CCC(=O)CC2)C1.CC(C)(C)OC(=O)N1CCC(C)(N2CCC(Nc3ccc(F)cc3N)CC2)C1.Nc1ccc(F)cc1N. The Morgan fingerprint density at radius 3 is 1.54 bits per heavy atom. The van der Waals surface area contributed by atoms with Crippen molar-refractivity contribution in [2.75, 3.05) is 74.9 Å². The number of nitrogens with two attached hydrogens (primary N) is 3. The number of carbonyl (C=O) groups excluding carboxylic acids is 3. The maximum absolute atomic E-state index is 13.2. The maximum atomic E-state index is 13.2. The average Bonchev–Trinajstić information content (AvgIpc) is 3.72. The van der Waals surface area contributed by atoms with Gasteiger partial charge in [-0.15, -0.1) is 0 Å². The molecule has 0 saturated carbocycles. The van der Waals surface area contributed by atoms with Crippen molar-refractivity contribution in [3.63, 3.8) is 0 Å². The first kappa shape index (κ1) is 45.3. The molecule has 0 spiro atoms. The van der Waals surface area contributed by atoms with Crippen LogP contribution in [0.25, 0.3) is 0 Å². The van der Waals surface area contributed by atoms with Crippen LogP contribution in [0, 0.1) is 11.6 Å². The van der Waals surface area contributed by atoms with Crippen molar-refractivity contribution in [2.45, 2.75) is 122 Å². The van der Waals surface area contributed by atoms with Crippen LogP contribution in [0.3, 0.4) is 0 Å². The lowest BCUT2D eigenvalue weighted by Gasteiger charge is -2.43. The number of nitrogen functional groups attached to an aromatic ring is 3. The molecule has 6 rings (SSSR count). The van der Waals surface area contributed by atoms with Crippen molar-refractivity contribution in [3.8, 4) is 0 Å². The molecular weight excluding hydrogens is 735 g/mol. The summed E-state index contributed by atoms with van der Waals surface area (Å²) in [6.45, 7) is 22.2. The Bertz CT molecular complexity index is 1700. The van der Waals surface area contributed by atoms with Gasteiger partial charge < -0.3 is 41.8 Å². The van der Waals surface area contributed by atoms with E-state index < -0.39 is 11.2 Å². The van der Waals surface area contributed by atoms with E-state index in [0.717, 1.165) is 70.6 Å². The molecule has 2 atom stereocenters. The van der Waals surface area contributed by atoms with Crippen molar-refractivity contribution in [3.05, 3.63) is 48.0 Å². The van der Waals surface area contributed by atoms with Crippen LogP contribution in [0.1, 0.15) is 93.9 Å². The lowest BCUT2D eigenvalue weighted by Crippen LogP contribution is -2.53. The Kier molecular flexibility index (Phi) is 14.7. The first-order valence-electron chi connectivity index (χ1n) is 20.0. The largest absolute Gasteiger partial charge is 0.444 e. The number of halogens is 2. The molecule has 4 fully saturated rings. The summed E-state index contributed by atoms with van der Waals surface area (Å²) in [5.41, 5.74) is 17.4. The van der Waals surface area contributed by atoms with Gasteiger partial charge in [-0.25, -0.2) is 18.4 Å². The van der Waals surface area contributed by atoms with E-state index in [1.165, 1.54) is 30.3 Å². The summed E-state index contributed by atoms with van der Waals surface area (Å²) < 4.78 is 36.4. The third-order valence-electron chi connectivity index (χ3n) is 11.0. The first-order valence-corrected chi connectivity index (χ1v) is 20.0. The number of amides is 2. The topological polar surface area (TPSA) is 173 Å². The van der Waals surface area contributed by atoms with E-state index in [1.54, 1.807) is 11.0 Å². The lowest BCUT2D eigenvalue weighted by atomic mass is 9.94. The first-order chi connectivity index (χ1) is 26.4. The van der Waals surface area contributed by atoms with Crippen LogP contribution >= 0.6 is 0 Å². The van der Waals surface area contributed by atoms with Gasteiger partial charge in [0, 0.05) is 82.3 Å². The van der Waals surface area contributed by atoms with Crippen LogP contribution in [-0.4, -0.2) is 118 Å². The van der Waals surface area contributed by atoms with Gasteiger partial charge in [-0.1, -0.05) is 0 Å². The van der Waals surface area contributed by atoms with Crippen LogP contribution < -0.4 is 22.5 Å². The number of ether oxygens (including phenoxy) is 2. The predicted molar refractivity (Wildman–Crippen MR) is 222 cm³/mol. The maximum Gasteiger partial charge on any atom is 0.410 e. The smallest absolute Gasteiger partial charge is 0.410 e. The number of nitrogens with zero attached hydrogens (tertiary/aromatic N) is 4. The fraction of sp³-hybridized carbons (Fsp3) is 0.643. The second-order valence-electron chi connectivity index (χ2n) is 18.2. The molecule has 13 nitrogen and oxygen atoms in total. The minimum Gasteiger partial charge on any atom is -0.444 e. The molecule has 2 unspecified atom stereocenters. The summed E-state index contributed by atoms with van der Waals surface area (Å²) in [6, 6.07) is 8.69. The van der Waals surface area contributed by atoms with E-state index in [4.69, 9.17) is 26.7 Å². The number of Topliss-reactive ketones (excluding diaryl/α,β-unsaturated/α-hetero) is 1. The van der Waals surface area contributed by atoms with E-state index >= 15 is 0 Å². The van der Waals surface area contributed by atoms with Crippen molar-refractivity contribution < 1.29 is 32.6 Å². The zero-order valence-electron chi connectivity index (χ0n) is 35.3. The molecule has 0 aliphatic carbocycles. The normalized spacial score (nSPS) is 23.6. The van der Waals surface area contributed by atoms with Gasteiger partial charge in [0.05, 0.1) is 22.7 Å². The van der Waals surface area contributed by atoms with Crippen LogP contribution in [-0.2, 0) is 14.3 Å². The van der Waals surface area contributed by atoms with Gasteiger partial charge in [-0.3, -0.25) is 14.6 Å². The molecule has 2 aromatic carbocycles. The Morgan fingerprint density at radius 1 is 0.684 bits per heavy atom. The standard InChI is InChI=1S/C21H33FN4O2.C15H26N2O3.C6H7FN2/c1-20(2,3)28-19(27)25-12-9-21(4,14-25)26-10-7-16(8-11-26)24-18-6-5-15(22)13-17(18)23;1-14(2,3)20-13(19)16-10-7-15(4,11-16)17-8-5-12(18)6-9-17;7-4-1-2-5(8)6(9)3-4/h5-6,13,16,24H,7-12,14,23H2,1-4H3;5-11H2,1-4H3;1-3H,8-9H2. The van der Waals surface area contributed by atoms with Crippen LogP contribution in [0.2, 0.25) is 0 Å². The summed E-state index contributed by atoms with van der Waals surface area (Å²) in [4.78, 5) is 44.3. The predicted octanol–water partition coefficient (Wildman–Crippen LogP) is 6.72. The van der Waals surface area contributed by atoms with E-state index in [0.29, 0.717) is 49.1 Å². The number of nitrogens with one attached hydrogen (secondary N) is 1.